The number of carbonyl (C=O) groups excluding carboxylic acids is 2. The molecule has 6 heteroatoms. The summed E-state index contributed by atoms with van der Waals surface area (Å²) in [5.74, 6) is -0.671. The van der Waals surface area contributed by atoms with E-state index in [9.17, 15) is 14.0 Å². The van der Waals surface area contributed by atoms with Gasteiger partial charge in [-0.15, -0.1) is 0 Å². The van der Waals surface area contributed by atoms with Gasteiger partial charge < -0.3 is 14.6 Å². The second kappa shape index (κ2) is 7.58. The lowest BCUT2D eigenvalue weighted by Gasteiger charge is -2.19. The first-order valence-electron chi connectivity index (χ1n) is 7.35. The van der Waals surface area contributed by atoms with Crippen LogP contribution < -0.4 is 5.32 Å². The van der Waals surface area contributed by atoms with E-state index in [1.54, 1.807) is 32.0 Å². The van der Waals surface area contributed by atoms with E-state index in [4.69, 9.17) is 4.42 Å². The van der Waals surface area contributed by atoms with Crippen molar-refractivity contribution in [3.8, 4) is 0 Å². The Morgan fingerprint density at radius 2 is 1.91 bits per heavy atom. The van der Waals surface area contributed by atoms with Gasteiger partial charge in [-0.25, -0.2) is 4.39 Å². The molecule has 0 saturated heterocycles. The number of hydrogen-bond donors (Lipinski definition) is 1. The quantitative estimate of drug-likeness (QED) is 0.890. The fourth-order valence-corrected chi connectivity index (χ4v) is 2.09. The predicted octanol–water partition coefficient (Wildman–Crippen LogP) is 2.51. The number of amides is 2. The molecule has 1 aromatic heterocycles. The molecule has 1 N–H and O–H groups in total. The van der Waals surface area contributed by atoms with Crippen molar-refractivity contribution in [3.05, 3.63) is 59.3 Å². The third-order valence-corrected chi connectivity index (χ3v) is 3.46. The topological polar surface area (TPSA) is 62.6 Å². The number of hydrogen-bond acceptors (Lipinski definition) is 3. The molecule has 0 radical (unpaired) electrons. The zero-order valence-corrected chi connectivity index (χ0v) is 13.1. The van der Waals surface area contributed by atoms with Crippen LogP contribution in [0.1, 0.15) is 28.6 Å². The summed E-state index contributed by atoms with van der Waals surface area (Å²) >= 11 is 0. The first-order chi connectivity index (χ1) is 11.0. The number of carbonyl (C=O) groups is 2. The molecule has 2 aromatic rings. The minimum atomic E-state index is -0.323. The summed E-state index contributed by atoms with van der Waals surface area (Å²) in [4.78, 5) is 25.7. The maximum absolute atomic E-state index is 12.8. The molecule has 0 fully saturated rings. The number of nitrogens with zero attached hydrogens (tertiary/aromatic N) is 1. The SMILES string of the molecule is CCN(CC(=O)NCc1ccc(F)cc1)C(=O)c1occc1C. The summed E-state index contributed by atoms with van der Waals surface area (Å²) in [5, 5.41) is 2.71. The Labute approximate surface area is 134 Å². The lowest BCUT2D eigenvalue weighted by Crippen LogP contribution is -2.40. The number of nitrogens with one attached hydrogen (secondary N) is 1. The van der Waals surface area contributed by atoms with Gasteiger partial charge in [0.2, 0.25) is 5.91 Å². The van der Waals surface area contributed by atoms with Crippen LogP contribution in [-0.2, 0) is 11.3 Å². The Hall–Kier alpha value is -2.63. The molecule has 0 atom stereocenters. The smallest absolute Gasteiger partial charge is 0.290 e. The fourth-order valence-electron chi connectivity index (χ4n) is 2.09. The zero-order valence-electron chi connectivity index (χ0n) is 13.1. The number of benzene rings is 1. The average Bonchev–Trinajstić information content (AvgIpc) is 2.97. The lowest BCUT2D eigenvalue weighted by atomic mass is 10.2. The summed E-state index contributed by atoms with van der Waals surface area (Å²) in [6.45, 7) is 4.19. The highest BCUT2D eigenvalue weighted by Crippen LogP contribution is 2.12. The molecule has 0 saturated carbocycles. The molecule has 0 bridgehead atoms. The van der Waals surface area contributed by atoms with Crippen LogP contribution in [0.3, 0.4) is 0 Å². The number of rotatable bonds is 6. The minimum absolute atomic E-state index is 0.0589. The van der Waals surface area contributed by atoms with Gasteiger partial charge in [0.05, 0.1) is 12.8 Å². The first kappa shape index (κ1) is 16.7. The molecule has 5 nitrogen and oxygen atoms in total. The predicted molar refractivity (Wildman–Crippen MR) is 83.3 cm³/mol. The van der Waals surface area contributed by atoms with Gasteiger partial charge in [-0.1, -0.05) is 12.1 Å². The molecule has 0 aliphatic rings. The minimum Gasteiger partial charge on any atom is -0.459 e. The fraction of sp³-hybridized carbons (Fsp3) is 0.294. The van der Waals surface area contributed by atoms with Gasteiger partial charge in [0.15, 0.2) is 5.76 Å². The van der Waals surface area contributed by atoms with Crippen molar-refractivity contribution in [1.82, 2.24) is 10.2 Å². The van der Waals surface area contributed by atoms with Gasteiger partial charge in [0.1, 0.15) is 5.82 Å². The van der Waals surface area contributed by atoms with Crippen molar-refractivity contribution >= 4 is 11.8 Å². The molecule has 0 unspecified atom stereocenters. The number of aryl methyl sites for hydroxylation is 1. The highest BCUT2D eigenvalue weighted by molar-refractivity contribution is 5.95. The van der Waals surface area contributed by atoms with E-state index in [2.05, 4.69) is 5.32 Å². The van der Waals surface area contributed by atoms with Crippen LogP contribution in [0.5, 0.6) is 0 Å². The molecule has 0 spiro atoms. The van der Waals surface area contributed by atoms with Crippen molar-refractivity contribution in [3.63, 3.8) is 0 Å². The van der Waals surface area contributed by atoms with E-state index < -0.39 is 0 Å². The standard InChI is InChI=1S/C17H19FN2O3/c1-3-20(17(22)16-12(2)8-9-23-16)11-15(21)19-10-13-4-6-14(18)7-5-13/h4-9H,3,10-11H2,1-2H3,(H,19,21). The summed E-state index contributed by atoms with van der Waals surface area (Å²) in [7, 11) is 0. The van der Waals surface area contributed by atoms with Gasteiger partial charge in [-0.05, 0) is 37.6 Å². The zero-order chi connectivity index (χ0) is 16.8. The van der Waals surface area contributed by atoms with Crippen molar-refractivity contribution < 1.29 is 18.4 Å². The van der Waals surface area contributed by atoms with Gasteiger partial charge in [0, 0.05) is 18.7 Å². The summed E-state index contributed by atoms with van der Waals surface area (Å²) in [6.07, 6.45) is 1.45. The van der Waals surface area contributed by atoms with Gasteiger partial charge in [-0.2, -0.15) is 0 Å². The Bertz CT molecular complexity index is 679. The average molecular weight is 318 g/mol. The van der Waals surface area contributed by atoms with Crippen molar-refractivity contribution in [2.75, 3.05) is 13.1 Å². The van der Waals surface area contributed by atoms with Crippen molar-refractivity contribution in [2.24, 2.45) is 0 Å². The molecule has 0 aliphatic heterocycles. The van der Waals surface area contributed by atoms with Crippen LogP contribution in [0.2, 0.25) is 0 Å². The third kappa shape index (κ3) is 4.42. The second-order valence-corrected chi connectivity index (χ2v) is 5.16. The third-order valence-electron chi connectivity index (χ3n) is 3.46. The monoisotopic (exact) mass is 318 g/mol. The number of halogens is 1. The highest BCUT2D eigenvalue weighted by atomic mass is 19.1. The molecular weight excluding hydrogens is 299 g/mol. The van der Waals surface area contributed by atoms with Crippen LogP contribution in [0, 0.1) is 12.7 Å². The number of likely N-dealkylation sites (N-methyl/N-ethyl adjacent to an activating group) is 1. The van der Waals surface area contributed by atoms with Crippen LogP contribution in [0.25, 0.3) is 0 Å². The first-order valence-corrected chi connectivity index (χ1v) is 7.35. The van der Waals surface area contributed by atoms with E-state index in [1.807, 2.05) is 0 Å². The lowest BCUT2D eigenvalue weighted by molar-refractivity contribution is -0.121. The second-order valence-electron chi connectivity index (χ2n) is 5.16. The molecule has 23 heavy (non-hydrogen) atoms. The van der Waals surface area contributed by atoms with E-state index in [0.717, 1.165) is 11.1 Å². The van der Waals surface area contributed by atoms with Gasteiger partial charge in [0.25, 0.3) is 5.91 Å². The molecule has 1 heterocycles. The number of furan rings is 1. The molecule has 122 valence electrons. The molecule has 2 amide bonds. The van der Waals surface area contributed by atoms with Crippen LogP contribution in [0.4, 0.5) is 4.39 Å². The molecular formula is C17H19FN2O3. The van der Waals surface area contributed by atoms with E-state index in [0.29, 0.717) is 6.54 Å². The van der Waals surface area contributed by atoms with E-state index in [1.165, 1.54) is 23.3 Å². The Balaban J connectivity index is 1.91. The maximum atomic E-state index is 12.8. The normalized spacial score (nSPS) is 10.4. The summed E-state index contributed by atoms with van der Waals surface area (Å²) in [6, 6.07) is 7.58. The Morgan fingerprint density at radius 3 is 2.48 bits per heavy atom. The van der Waals surface area contributed by atoms with Crippen molar-refractivity contribution in [2.45, 2.75) is 20.4 Å². The van der Waals surface area contributed by atoms with Crippen LogP contribution in [0.15, 0.2) is 41.0 Å². The molecule has 1 aromatic carbocycles. The highest BCUT2D eigenvalue weighted by Gasteiger charge is 2.21. The van der Waals surface area contributed by atoms with Gasteiger partial charge >= 0.3 is 0 Å². The van der Waals surface area contributed by atoms with Gasteiger partial charge in [-0.3, -0.25) is 9.59 Å². The van der Waals surface area contributed by atoms with E-state index >= 15 is 0 Å². The van der Waals surface area contributed by atoms with Crippen molar-refractivity contribution in [1.29, 1.82) is 0 Å². The molecule has 0 aliphatic carbocycles. The largest absolute Gasteiger partial charge is 0.459 e. The molecule has 2 rings (SSSR count). The summed E-state index contributed by atoms with van der Waals surface area (Å²) in [5.41, 5.74) is 1.52. The summed E-state index contributed by atoms with van der Waals surface area (Å²) < 4.78 is 18.0. The van der Waals surface area contributed by atoms with Crippen LogP contribution in [-0.4, -0.2) is 29.8 Å². The Morgan fingerprint density at radius 1 is 1.22 bits per heavy atom. The van der Waals surface area contributed by atoms with Crippen LogP contribution >= 0.6 is 0 Å². The Kier molecular flexibility index (Phi) is 5.51. The maximum Gasteiger partial charge on any atom is 0.290 e. The van der Waals surface area contributed by atoms with E-state index in [-0.39, 0.29) is 36.5 Å².